The summed E-state index contributed by atoms with van der Waals surface area (Å²) in [6.07, 6.45) is 2.77. The maximum atomic E-state index is 11.9. The Balaban J connectivity index is 2.21. The minimum Gasteiger partial charge on any atom is -0.327 e. The van der Waals surface area contributed by atoms with E-state index in [-0.39, 0.29) is 11.7 Å². The fourth-order valence-corrected chi connectivity index (χ4v) is 3.31. The minimum absolute atomic E-state index is 0.0561. The Hall–Kier alpha value is -1.88. The second-order valence-electron chi connectivity index (χ2n) is 4.38. The third-order valence-electron chi connectivity index (χ3n) is 2.96. The van der Waals surface area contributed by atoms with Gasteiger partial charge in [-0.15, -0.1) is 0 Å². The fraction of sp³-hybridized carbons (Fsp3) is 0.214. The Kier molecular flexibility index (Phi) is 3.85. The number of hydrogen-bond acceptors (Lipinski definition) is 3. The van der Waals surface area contributed by atoms with Gasteiger partial charge in [0.25, 0.3) is 0 Å². The molecule has 0 saturated carbocycles. The summed E-state index contributed by atoms with van der Waals surface area (Å²) in [5, 5.41) is 1.17. The summed E-state index contributed by atoms with van der Waals surface area (Å²) in [7, 11) is -3.18. The van der Waals surface area contributed by atoms with Crippen molar-refractivity contribution in [2.75, 3.05) is 5.75 Å². The maximum Gasteiger partial charge on any atom is 0.246 e. The lowest BCUT2D eigenvalue weighted by Gasteiger charge is -2.26. The molecular weight excluding hydrogens is 262 g/mol. The molecule has 4 nitrogen and oxygen atoms in total. The van der Waals surface area contributed by atoms with Crippen LogP contribution in [0.1, 0.15) is 5.56 Å². The minimum atomic E-state index is -3.18. The van der Waals surface area contributed by atoms with Gasteiger partial charge in [0.15, 0.2) is 9.84 Å². The number of benzene rings is 1. The predicted octanol–water partition coefficient (Wildman–Crippen LogP) is 1.51. The Morgan fingerprint density at radius 3 is 2.58 bits per heavy atom. The van der Waals surface area contributed by atoms with Crippen molar-refractivity contribution in [3.63, 3.8) is 0 Å². The molecule has 0 fully saturated rings. The van der Waals surface area contributed by atoms with Crippen molar-refractivity contribution in [2.24, 2.45) is 0 Å². The van der Waals surface area contributed by atoms with Crippen LogP contribution in [0.15, 0.2) is 54.5 Å². The van der Waals surface area contributed by atoms with E-state index in [2.05, 4.69) is 6.58 Å². The Labute approximate surface area is 113 Å². The highest BCUT2D eigenvalue weighted by Crippen LogP contribution is 2.18. The average molecular weight is 277 g/mol. The Morgan fingerprint density at radius 2 is 2.05 bits per heavy atom. The molecule has 5 heteroatoms. The lowest BCUT2D eigenvalue weighted by atomic mass is 10.1. The van der Waals surface area contributed by atoms with Gasteiger partial charge in [-0.3, -0.25) is 4.79 Å². The number of hydrogen-bond donors (Lipinski definition) is 0. The number of rotatable bonds is 4. The van der Waals surface area contributed by atoms with Crippen molar-refractivity contribution >= 4 is 15.7 Å². The lowest BCUT2D eigenvalue weighted by Crippen LogP contribution is -2.39. The number of nitrogens with zero attached hydrogens (tertiary/aromatic N) is 1. The van der Waals surface area contributed by atoms with Crippen LogP contribution in [0.5, 0.6) is 0 Å². The van der Waals surface area contributed by atoms with Gasteiger partial charge in [0.1, 0.15) is 0 Å². The Morgan fingerprint density at radius 1 is 1.37 bits per heavy atom. The van der Waals surface area contributed by atoms with Crippen molar-refractivity contribution in [3.8, 4) is 0 Å². The summed E-state index contributed by atoms with van der Waals surface area (Å²) >= 11 is 0. The van der Waals surface area contributed by atoms with Crippen LogP contribution < -0.4 is 0 Å². The van der Waals surface area contributed by atoms with Crippen LogP contribution in [0.3, 0.4) is 0 Å². The monoisotopic (exact) mass is 277 g/mol. The predicted molar refractivity (Wildman–Crippen MR) is 73.9 cm³/mol. The van der Waals surface area contributed by atoms with Crippen LogP contribution in [0.25, 0.3) is 0 Å². The van der Waals surface area contributed by atoms with Crippen LogP contribution >= 0.6 is 0 Å². The highest BCUT2D eigenvalue weighted by Gasteiger charge is 2.29. The zero-order chi connectivity index (χ0) is 13.9. The number of amides is 1. The molecule has 0 aliphatic carbocycles. The summed E-state index contributed by atoms with van der Waals surface area (Å²) in [5.74, 6) is -0.324. The van der Waals surface area contributed by atoms with Crippen molar-refractivity contribution in [1.29, 1.82) is 0 Å². The molecule has 1 aliphatic heterocycles. The fourth-order valence-electron chi connectivity index (χ4n) is 2.01. The van der Waals surface area contributed by atoms with E-state index in [0.29, 0.717) is 6.54 Å². The topological polar surface area (TPSA) is 54.5 Å². The summed E-state index contributed by atoms with van der Waals surface area (Å²) in [5.41, 5.74) is 0.954. The quantitative estimate of drug-likeness (QED) is 0.784. The molecular formula is C14H15NO3S. The zero-order valence-electron chi connectivity index (χ0n) is 10.4. The maximum absolute atomic E-state index is 11.9. The highest BCUT2D eigenvalue weighted by atomic mass is 32.2. The average Bonchev–Trinajstić information content (AvgIpc) is 2.76. The van der Waals surface area contributed by atoms with Gasteiger partial charge in [0.05, 0.1) is 11.8 Å². The molecule has 1 atom stereocenters. The van der Waals surface area contributed by atoms with E-state index < -0.39 is 15.9 Å². The van der Waals surface area contributed by atoms with E-state index >= 15 is 0 Å². The smallest absolute Gasteiger partial charge is 0.246 e. The molecule has 1 heterocycles. The zero-order valence-corrected chi connectivity index (χ0v) is 11.2. The van der Waals surface area contributed by atoms with Gasteiger partial charge in [-0.1, -0.05) is 36.9 Å². The third kappa shape index (κ3) is 3.32. The van der Waals surface area contributed by atoms with Crippen molar-refractivity contribution in [1.82, 2.24) is 4.90 Å². The molecule has 1 aromatic rings. The molecule has 100 valence electrons. The van der Waals surface area contributed by atoms with Gasteiger partial charge in [-0.25, -0.2) is 8.42 Å². The molecule has 1 unspecified atom stereocenters. The van der Waals surface area contributed by atoms with E-state index in [1.54, 1.807) is 6.08 Å². The van der Waals surface area contributed by atoms with Crippen LogP contribution in [-0.2, 0) is 21.2 Å². The molecule has 19 heavy (non-hydrogen) atoms. The van der Waals surface area contributed by atoms with Crippen molar-refractivity contribution < 1.29 is 13.2 Å². The summed E-state index contributed by atoms with van der Waals surface area (Å²) < 4.78 is 22.9. The molecule has 1 aliphatic rings. The number of carbonyl (C=O) groups excluding carboxylic acids is 1. The molecule has 0 aromatic heterocycles. The van der Waals surface area contributed by atoms with E-state index in [9.17, 15) is 13.2 Å². The van der Waals surface area contributed by atoms with Gasteiger partial charge in [0, 0.05) is 12.0 Å². The molecule has 1 amide bonds. The van der Waals surface area contributed by atoms with Crippen LogP contribution in [0.4, 0.5) is 0 Å². The molecule has 0 bridgehead atoms. The second kappa shape index (κ2) is 5.40. The van der Waals surface area contributed by atoms with Gasteiger partial charge in [0.2, 0.25) is 5.91 Å². The highest BCUT2D eigenvalue weighted by molar-refractivity contribution is 7.94. The van der Waals surface area contributed by atoms with E-state index in [4.69, 9.17) is 0 Å². The third-order valence-corrected chi connectivity index (χ3v) is 4.34. The molecule has 0 spiro atoms. The second-order valence-corrected chi connectivity index (χ2v) is 6.31. The van der Waals surface area contributed by atoms with Gasteiger partial charge in [-0.05, 0) is 17.7 Å². The van der Waals surface area contributed by atoms with Crippen molar-refractivity contribution in [3.05, 3.63) is 60.0 Å². The summed E-state index contributed by atoms with van der Waals surface area (Å²) in [6.45, 7) is 3.84. The van der Waals surface area contributed by atoms with E-state index in [1.165, 1.54) is 16.4 Å². The van der Waals surface area contributed by atoms with E-state index in [0.717, 1.165) is 5.56 Å². The van der Waals surface area contributed by atoms with Gasteiger partial charge >= 0.3 is 0 Å². The Bertz CT molecular complexity index is 605. The van der Waals surface area contributed by atoms with Gasteiger partial charge < -0.3 is 4.90 Å². The largest absolute Gasteiger partial charge is 0.327 e. The molecule has 2 rings (SSSR count). The summed E-state index contributed by atoms with van der Waals surface area (Å²) in [4.78, 5) is 13.4. The number of carbonyl (C=O) groups is 1. The number of sulfone groups is 1. The first-order chi connectivity index (χ1) is 9.02. The van der Waals surface area contributed by atoms with Crippen LogP contribution in [0, 0.1) is 0 Å². The molecule has 0 saturated heterocycles. The lowest BCUT2D eigenvalue weighted by molar-refractivity contribution is -0.127. The SMILES string of the molecule is C=CC(=O)N(Cc1ccccc1)C1C=CS(=O)(=O)C1. The molecule has 0 radical (unpaired) electrons. The first kappa shape index (κ1) is 13.5. The first-order valence-electron chi connectivity index (χ1n) is 5.90. The summed E-state index contributed by atoms with van der Waals surface area (Å²) in [6, 6.07) is 9.03. The van der Waals surface area contributed by atoms with Gasteiger partial charge in [-0.2, -0.15) is 0 Å². The van der Waals surface area contributed by atoms with Crippen LogP contribution in [0.2, 0.25) is 0 Å². The molecule has 1 aromatic carbocycles. The van der Waals surface area contributed by atoms with Crippen molar-refractivity contribution in [2.45, 2.75) is 12.6 Å². The standard InChI is InChI=1S/C14H15NO3S/c1-2-14(16)15(10-12-6-4-3-5-7-12)13-8-9-19(17,18)11-13/h2-9,13H,1,10-11H2. The molecule has 0 N–H and O–H groups in total. The normalized spacial score (nSPS) is 20.1. The first-order valence-corrected chi connectivity index (χ1v) is 7.61. The van der Waals surface area contributed by atoms with E-state index in [1.807, 2.05) is 30.3 Å². The van der Waals surface area contributed by atoms with Crippen LogP contribution in [-0.4, -0.2) is 31.0 Å².